The Morgan fingerprint density at radius 2 is 1.88 bits per heavy atom. The predicted octanol–water partition coefficient (Wildman–Crippen LogP) is 4.19. The van der Waals surface area contributed by atoms with E-state index in [4.69, 9.17) is 4.74 Å². The number of piperidine rings is 1. The maximum atomic E-state index is 12.8. The molecule has 1 aromatic carbocycles. The number of carbonyl (C=O) groups excluding carboxylic acids is 1. The number of amides is 1. The molecule has 140 valence electrons. The number of ether oxygens (including phenoxy) is 1. The summed E-state index contributed by atoms with van der Waals surface area (Å²) in [5, 5.41) is 2.85. The minimum Gasteiger partial charge on any atom is -0.444 e. The molecule has 1 heterocycles. The molecule has 0 atom stereocenters. The summed E-state index contributed by atoms with van der Waals surface area (Å²) < 4.78 is 43.6. The van der Waals surface area contributed by atoms with Gasteiger partial charge in [-0.25, -0.2) is 4.79 Å². The molecule has 0 bridgehead atoms. The van der Waals surface area contributed by atoms with Crippen LogP contribution in [0.5, 0.6) is 0 Å². The number of benzene rings is 1. The summed E-state index contributed by atoms with van der Waals surface area (Å²) in [4.78, 5) is 13.9. The van der Waals surface area contributed by atoms with Crippen LogP contribution in [-0.2, 0) is 17.5 Å². The lowest BCUT2D eigenvalue weighted by Gasteiger charge is -2.33. The highest BCUT2D eigenvalue weighted by atomic mass is 19.4. The van der Waals surface area contributed by atoms with Gasteiger partial charge in [-0.1, -0.05) is 18.2 Å². The Hall–Kier alpha value is -1.76. The SMILES string of the molecule is CC(C)(C)OC(=O)NC1CCN(Cc2cccc(C(F)(F)F)c2)CC1. The highest BCUT2D eigenvalue weighted by Gasteiger charge is 2.30. The van der Waals surface area contributed by atoms with Gasteiger partial charge in [0.2, 0.25) is 0 Å². The maximum Gasteiger partial charge on any atom is 0.416 e. The smallest absolute Gasteiger partial charge is 0.416 e. The number of nitrogens with zero attached hydrogens (tertiary/aromatic N) is 1. The highest BCUT2D eigenvalue weighted by molar-refractivity contribution is 5.68. The van der Waals surface area contributed by atoms with Crippen LogP contribution >= 0.6 is 0 Å². The molecule has 0 aromatic heterocycles. The molecule has 0 saturated carbocycles. The van der Waals surface area contributed by atoms with E-state index in [0.717, 1.165) is 32.0 Å². The van der Waals surface area contributed by atoms with Crippen molar-refractivity contribution in [1.29, 1.82) is 0 Å². The van der Waals surface area contributed by atoms with Crippen molar-refractivity contribution in [2.45, 2.75) is 58.0 Å². The summed E-state index contributed by atoms with van der Waals surface area (Å²) in [5.41, 5.74) is -0.506. The van der Waals surface area contributed by atoms with Crippen molar-refractivity contribution < 1.29 is 22.7 Å². The van der Waals surface area contributed by atoms with Crippen molar-refractivity contribution in [2.75, 3.05) is 13.1 Å². The third-order valence-corrected chi connectivity index (χ3v) is 3.97. The Balaban J connectivity index is 1.82. The molecule has 7 heteroatoms. The van der Waals surface area contributed by atoms with Gasteiger partial charge in [-0.2, -0.15) is 13.2 Å². The number of halogens is 3. The molecule has 1 aliphatic heterocycles. The van der Waals surface area contributed by atoms with Gasteiger partial charge in [-0.3, -0.25) is 4.90 Å². The van der Waals surface area contributed by atoms with Gasteiger partial charge in [0.15, 0.2) is 0 Å². The largest absolute Gasteiger partial charge is 0.444 e. The van der Waals surface area contributed by atoms with Crippen molar-refractivity contribution >= 4 is 6.09 Å². The van der Waals surface area contributed by atoms with Crippen molar-refractivity contribution in [1.82, 2.24) is 10.2 Å². The van der Waals surface area contributed by atoms with E-state index in [2.05, 4.69) is 10.2 Å². The van der Waals surface area contributed by atoms with Crippen molar-refractivity contribution in [3.05, 3.63) is 35.4 Å². The van der Waals surface area contributed by atoms with Crippen LogP contribution in [0.2, 0.25) is 0 Å². The molecular formula is C18H25F3N2O2. The average Bonchev–Trinajstić information content (AvgIpc) is 2.47. The standard InChI is InChI=1S/C18H25F3N2O2/c1-17(2,3)25-16(24)22-15-7-9-23(10-8-15)12-13-5-4-6-14(11-13)18(19,20)21/h4-6,11,15H,7-10,12H2,1-3H3,(H,22,24). The fraction of sp³-hybridized carbons (Fsp3) is 0.611. The van der Waals surface area contributed by atoms with E-state index >= 15 is 0 Å². The van der Waals surface area contributed by atoms with Gasteiger partial charge in [0.1, 0.15) is 5.60 Å². The molecule has 0 unspecified atom stereocenters. The van der Waals surface area contributed by atoms with E-state index in [1.807, 2.05) is 20.8 Å². The fourth-order valence-electron chi connectivity index (χ4n) is 2.81. The number of likely N-dealkylation sites (tertiary alicyclic amines) is 1. The summed E-state index contributed by atoms with van der Waals surface area (Å²) in [6.07, 6.45) is -3.25. The summed E-state index contributed by atoms with van der Waals surface area (Å²) in [7, 11) is 0. The number of hydrogen-bond acceptors (Lipinski definition) is 3. The zero-order valence-corrected chi connectivity index (χ0v) is 14.8. The molecule has 2 rings (SSSR count). The second-order valence-corrected chi connectivity index (χ2v) is 7.39. The van der Waals surface area contributed by atoms with Crippen molar-refractivity contribution in [3.63, 3.8) is 0 Å². The Morgan fingerprint density at radius 1 is 1.24 bits per heavy atom. The number of alkyl carbamates (subject to hydrolysis) is 1. The molecule has 0 spiro atoms. The molecule has 1 fully saturated rings. The number of alkyl halides is 3. The molecule has 1 aromatic rings. The molecule has 4 nitrogen and oxygen atoms in total. The molecular weight excluding hydrogens is 333 g/mol. The van der Waals surface area contributed by atoms with Gasteiger partial charge in [0.05, 0.1) is 5.56 Å². The van der Waals surface area contributed by atoms with Gasteiger partial charge in [0.25, 0.3) is 0 Å². The first-order valence-electron chi connectivity index (χ1n) is 8.41. The third kappa shape index (κ3) is 6.57. The van der Waals surface area contributed by atoms with Crippen molar-refractivity contribution in [3.8, 4) is 0 Å². The van der Waals surface area contributed by atoms with Crippen LogP contribution in [0.3, 0.4) is 0 Å². The molecule has 0 aliphatic carbocycles. The first kappa shape index (κ1) is 19.6. The topological polar surface area (TPSA) is 41.6 Å². The summed E-state index contributed by atoms with van der Waals surface area (Å²) in [6, 6.07) is 5.47. The number of rotatable bonds is 3. The van der Waals surface area contributed by atoms with Crippen LogP contribution in [0.15, 0.2) is 24.3 Å². The van der Waals surface area contributed by atoms with Crippen LogP contribution in [0, 0.1) is 0 Å². The lowest BCUT2D eigenvalue weighted by Crippen LogP contribution is -2.45. The Bertz CT molecular complexity index is 589. The Labute approximate surface area is 146 Å². The summed E-state index contributed by atoms with van der Waals surface area (Å²) in [5.74, 6) is 0. The van der Waals surface area contributed by atoms with Crippen LogP contribution in [0.4, 0.5) is 18.0 Å². The van der Waals surface area contributed by atoms with Crippen LogP contribution in [0.1, 0.15) is 44.7 Å². The van der Waals surface area contributed by atoms with Crippen molar-refractivity contribution in [2.24, 2.45) is 0 Å². The molecule has 25 heavy (non-hydrogen) atoms. The van der Waals surface area contributed by atoms with Gasteiger partial charge < -0.3 is 10.1 Å². The lowest BCUT2D eigenvalue weighted by molar-refractivity contribution is -0.137. The van der Waals surface area contributed by atoms with Crippen LogP contribution in [-0.4, -0.2) is 35.7 Å². The normalized spacial score (nSPS) is 17.4. The monoisotopic (exact) mass is 358 g/mol. The Morgan fingerprint density at radius 3 is 2.44 bits per heavy atom. The minimum absolute atomic E-state index is 0.0348. The number of carbonyl (C=O) groups is 1. The molecule has 1 N–H and O–H groups in total. The number of nitrogens with one attached hydrogen (secondary N) is 1. The molecule has 1 aliphatic rings. The zero-order chi connectivity index (χ0) is 18.7. The highest BCUT2D eigenvalue weighted by Crippen LogP contribution is 2.30. The van der Waals surface area contributed by atoms with Gasteiger partial charge in [0, 0.05) is 25.7 Å². The van der Waals surface area contributed by atoms with E-state index in [9.17, 15) is 18.0 Å². The van der Waals surface area contributed by atoms with E-state index in [-0.39, 0.29) is 6.04 Å². The molecule has 1 saturated heterocycles. The van der Waals surface area contributed by atoms with E-state index < -0.39 is 23.4 Å². The van der Waals surface area contributed by atoms with Crippen LogP contribution in [0.25, 0.3) is 0 Å². The first-order chi connectivity index (χ1) is 11.5. The van der Waals surface area contributed by atoms with Crippen LogP contribution < -0.4 is 5.32 Å². The average molecular weight is 358 g/mol. The predicted molar refractivity (Wildman–Crippen MR) is 89.1 cm³/mol. The fourth-order valence-corrected chi connectivity index (χ4v) is 2.81. The quantitative estimate of drug-likeness (QED) is 0.881. The summed E-state index contributed by atoms with van der Waals surface area (Å²) in [6.45, 7) is 7.34. The molecule has 1 amide bonds. The lowest BCUT2D eigenvalue weighted by atomic mass is 10.0. The summed E-state index contributed by atoms with van der Waals surface area (Å²) >= 11 is 0. The Kier molecular flexibility index (Phi) is 5.98. The first-order valence-corrected chi connectivity index (χ1v) is 8.41. The van der Waals surface area contributed by atoms with Gasteiger partial charge in [-0.15, -0.1) is 0 Å². The third-order valence-electron chi connectivity index (χ3n) is 3.97. The van der Waals surface area contributed by atoms with E-state index in [1.54, 1.807) is 6.07 Å². The molecule has 0 radical (unpaired) electrons. The maximum absolute atomic E-state index is 12.8. The second-order valence-electron chi connectivity index (χ2n) is 7.39. The van der Waals surface area contributed by atoms with E-state index in [1.165, 1.54) is 12.1 Å². The second kappa shape index (κ2) is 7.64. The van der Waals surface area contributed by atoms with E-state index in [0.29, 0.717) is 12.1 Å². The van der Waals surface area contributed by atoms with Gasteiger partial charge in [-0.05, 0) is 45.2 Å². The van der Waals surface area contributed by atoms with Gasteiger partial charge >= 0.3 is 12.3 Å². The zero-order valence-electron chi connectivity index (χ0n) is 14.8. The minimum atomic E-state index is -4.32. The number of hydrogen-bond donors (Lipinski definition) is 1.